The number of rotatable bonds is 4. The summed E-state index contributed by atoms with van der Waals surface area (Å²) in [5, 5.41) is 18.4. The molecular weight excluding hydrogens is 262 g/mol. The third kappa shape index (κ3) is 5.17. The van der Waals surface area contributed by atoms with Gasteiger partial charge in [0.25, 0.3) is 0 Å². The topological polar surface area (TPSA) is 43.7 Å². The maximum Gasteiger partial charge on any atom is 0.0541 e. The Labute approximate surface area is 127 Å². The molecule has 1 aliphatic heterocycles. The van der Waals surface area contributed by atoms with Crippen molar-refractivity contribution in [2.45, 2.75) is 38.8 Å². The molecule has 1 aromatic carbocycles. The van der Waals surface area contributed by atoms with Crippen LogP contribution in [0.3, 0.4) is 0 Å². The van der Waals surface area contributed by atoms with Crippen LogP contribution >= 0.6 is 0 Å². The van der Waals surface area contributed by atoms with Crippen molar-refractivity contribution in [2.75, 3.05) is 19.7 Å². The van der Waals surface area contributed by atoms with Crippen LogP contribution in [0.15, 0.2) is 24.3 Å². The SMILES string of the molecule is CC(O)C1CCN(Cc2cccc(C#CCCO)c2)CC1. The lowest BCUT2D eigenvalue weighted by Gasteiger charge is -2.33. The number of benzene rings is 1. The van der Waals surface area contributed by atoms with E-state index in [0.717, 1.165) is 38.0 Å². The standard InChI is InChI=1S/C18H25NO2/c1-15(21)18-8-10-19(11-9-18)14-17-7-4-6-16(13-17)5-2-3-12-20/h4,6-7,13,15,18,20-21H,3,8-12,14H2,1H3. The molecule has 21 heavy (non-hydrogen) atoms. The van der Waals surface area contributed by atoms with E-state index >= 15 is 0 Å². The summed E-state index contributed by atoms with van der Waals surface area (Å²) in [6.07, 6.45) is 2.50. The number of hydrogen-bond donors (Lipinski definition) is 2. The number of aliphatic hydroxyl groups is 2. The van der Waals surface area contributed by atoms with Crippen LogP contribution in [-0.4, -0.2) is 40.9 Å². The van der Waals surface area contributed by atoms with Crippen molar-refractivity contribution in [3.8, 4) is 11.8 Å². The minimum atomic E-state index is -0.183. The lowest BCUT2D eigenvalue weighted by molar-refractivity contribution is 0.0695. The molecule has 1 fully saturated rings. The third-order valence-corrected chi connectivity index (χ3v) is 4.12. The van der Waals surface area contributed by atoms with Gasteiger partial charge in [-0.1, -0.05) is 24.0 Å². The van der Waals surface area contributed by atoms with Crippen molar-refractivity contribution in [3.05, 3.63) is 35.4 Å². The molecule has 0 spiro atoms. The Morgan fingerprint density at radius 1 is 1.33 bits per heavy atom. The van der Waals surface area contributed by atoms with Gasteiger partial charge in [0, 0.05) is 18.5 Å². The highest BCUT2D eigenvalue weighted by molar-refractivity contribution is 5.37. The maximum absolute atomic E-state index is 9.64. The number of hydrogen-bond acceptors (Lipinski definition) is 3. The van der Waals surface area contributed by atoms with Gasteiger partial charge >= 0.3 is 0 Å². The molecule has 0 radical (unpaired) electrons. The van der Waals surface area contributed by atoms with Gasteiger partial charge in [0.1, 0.15) is 0 Å². The monoisotopic (exact) mass is 287 g/mol. The Kier molecular flexibility index (Phi) is 6.25. The fourth-order valence-corrected chi connectivity index (χ4v) is 2.82. The largest absolute Gasteiger partial charge is 0.395 e. The van der Waals surface area contributed by atoms with Crippen LogP contribution in [0.5, 0.6) is 0 Å². The molecule has 0 aliphatic carbocycles. The first-order chi connectivity index (χ1) is 10.2. The first-order valence-corrected chi connectivity index (χ1v) is 7.78. The van der Waals surface area contributed by atoms with Gasteiger partial charge < -0.3 is 10.2 Å². The first-order valence-electron chi connectivity index (χ1n) is 7.78. The van der Waals surface area contributed by atoms with Crippen LogP contribution in [0, 0.1) is 17.8 Å². The van der Waals surface area contributed by atoms with Gasteiger partial charge in [-0.05, 0) is 56.5 Å². The van der Waals surface area contributed by atoms with Gasteiger partial charge in [-0.25, -0.2) is 0 Å². The van der Waals surface area contributed by atoms with Crippen LogP contribution in [-0.2, 0) is 6.54 Å². The summed E-state index contributed by atoms with van der Waals surface area (Å²) in [6.45, 7) is 5.06. The van der Waals surface area contributed by atoms with Gasteiger partial charge in [0.15, 0.2) is 0 Å². The molecule has 1 saturated heterocycles. The molecule has 2 N–H and O–H groups in total. The number of aliphatic hydroxyl groups excluding tert-OH is 2. The Bertz CT molecular complexity index is 493. The average molecular weight is 287 g/mol. The summed E-state index contributed by atoms with van der Waals surface area (Å²) in [7, 11) is 0. The van der Waals surface area contributed by atoms with E-state index in [1.165, 1.54) is 5.56 Å². The van der Waals surface area contributed by atoms with Gasteiger partial charge in [-0.3, -0.25) is 4.90 Å². The smallest absolute Gasteiger partial charge is 0.0541 e. The predicted octanol–water partition coefficient (Wildman–Crippen LogP) is 2.01. The first kappa shape index (κ1) is 16.0. The number of nitrogens with zero attached hydrogens (tertiary/aromatic N) is 1. The quantitative estimate of drug-likeness (QED) is 0.833. The zero-order chi connectivity index (χ0) is 15.1. The molecule has 0 saturated carbocycles. The summed E-state index contributed by atoms with van der Waals surface area (Å²) in [5.41, 5.74) is 2.29. The second kappa shape index (κ2) is 8.19. The number of likely N-dealkylation sites (tertiary alicyclic amines) is 1. The maximum atomic E-state index is 9.64. The predicted molar refractivity (Wildman–Crippen MR) is 84.7 cm³/mol. The van der Waals surface area contributed by atoms with Gasteiger partial charge in [0.2, 0.25) is 0 Å². The molecule has 1 aromatic rings. The van der Waals surface area contributed by atoms with Crippen LogP contribution in [0.1, 0.15) is 37.3 Å². The van der Waals surface area contributed by atoms with Crippen molar-refractivity contribution in [3.63, 3.8) is 0 Å². The lowest BCUT2D eigenvalue weighted by Crippen LogP contribution is -2.36. The molecule has 114 valence electrons. The van der Waals surface area contributed by atoms with Crippen molar-refractivity contribution in [1.82, 2.24) is 4.90 Å². The Morgan fingerprint density at radius 2 is 2.10 bits per heavy atom. The molecule has 1 unspecified atom stereocenters. The average Bonchev–Trinajstić information content (AvgIpc) is 2.48. The summed E-state index contributed by atoms with van der Waals surface area (Å²) < 4.78 is 0. The fraction of sp³-hybridized carbons (Fsp3) is 0.556. The van der Waals surface area contributed by atoms with E-state index in [4.69, 9.17) is 5.11 Å². The highest BCUT2D eigenvalue weighted by Crippen LogP contribution is 2.21. The molecule has 3 nitrogen and oxygen atoms in total. The van der Waals surface area contributed by atoms with Crippen LogP contribution in [0.25, 0.3) is 0 Å². The summed E-state index contributed by atoms with van der Waals surface area (Å²) in [5.74, 6) is 6.50. The van der Waals surface area contributed by atoms with Crippen LogP contribution in [0.2, 0.25) is 0 Å². The van der Waals surface area contributed by atoms with Gasteiger partial charge in [-0.15, -0.1) is 0 Å². The molecule has 0 aromatic heterocycles. The summed E-state index contributed by atoms with van der Waals surface area (Å²) in [6, 6.07) is 8.32. The molecule has 1 heterocycles. The van der Waals surface area contributed by atoms with E-state index in [2.05, 4.69) is 28.9 Å². The lowest BCUT2D eigenvalue weighted by atomic mass is 9.92. The highest BCUT2D eigenvalue weighted by atomic mass is 16.3. The minimum Gasteiger partial charge on any atom is -0.395 e. The van der Waals surface area contributed by atoms with Gasteiger partial charge in [-0.2, -0.15) is 0 Å². The third-order valence-electron chi connectivity index (χ3n) is 4.12. The normalized spacial score (nSPS) is 18.0. The van der Waals surface area contributed by atoms with E-state index in [9.17, 15) is 5.11 Å². The van der Waals surface area contributed by atoms with Crippen LogP contribution < -0.4 is 0 Å². The van der Waals surface area contributed by atoms with E-state index < -0.39 is 0 Å². The molecule has 3 heteroatoms. The Morgan fingerprint density at radius 3 is 2.76 bits per heavy atom. The molecular formula is C18H25NO2. The highest BCUT2D eigenvalue weighted by Gasteiger charge is 2.22. The summed E-state index contributed by atoms with van der Waals surface area (Å²) in [4.78, 5) is 2.44. The van der Waals surface area contributed by atoms with E-state index in [0.29, 0.717) is 12.3 Å². The van der Waals surface area contributed by atoms with Crippen LogP contribution in [0.4, 0.5) is 0 Å². The van der Waals surface area contributed by atoms with E-state index in [1.807, 2.05) is 19.1 Å². The minimum absolute atomic E-state index is 0.116. The second-order valence-corrected chi connectivity index (χ2v) is 5.83. The molecule has 1 atom stereocenters. The summed E-state index contributed by atoms with van der Waals surface area (Å²) >= 11 is 0. The van der Waals surface area contributed by atoms with Crippen molar-refractivity contribution in [2.24, 2.45) is 5.92 Å². The van der Waals surface area contributed by atoms with E-state index in [-0.39, 0.29) is 12.7 Å². The van der Waals surface area contributed by atoms with E-state index in [1.54, 1.807) is 0 Å². The van der Waals surface area contributed by atoms with Crippen molar-refractivity contribution >= 4 is 0 Å². The zero-order valence-electron chi connectivity index (χ0n) is 12.8. The van der Waals surface area contributed by atoms with Crippen molar-refractivity contribution < 1.29 is 10.2 Å². The second-order valence-electron chi connectivity index (χ2n) is 5.83. The Hall–Kier alpha value is -1.34. The molecule has 2 rings (SSSR count). The fourth-order valence-electron chi connectivity index (χ4n) is 2.82. The van der Waals surface area contributed by atoms with Gasteiger partial charge in [0.05, 0.1) is 12.7 Å². The molecule has 0 amide bonds. The van der Waals surface area contributed by atoms with Crippen molar-refractivity contribution in [1.29, 1.82) is 0 Å². The Balaban J connectivity index is 1.89. The molecule has 1 aliphatic rings. The molecule has 0 bridgehead atoms. The number of piperidine rings is 1. The zero-order valence-corrected chi connectivity index (χ0v) is 12.8.